The van der Waals surface area contributed by atoms with Gasteiger partial charge in [0.05, 0.1) is 0 Å². The normalized spacial score (nSPS) is 12.9. The van der Waals surface area contributed by atoms with E-state index < -0.39 is 3.24 Å². The predicted molar refractivity (Wildman–Crippen MR) is 50.9 cm³/mol. The van der Waals surface area contributed by atoms with Gasteiger partial charge in [-0.25, -0.2) is 0 Å². The summed E-state index contributed by atoms with van der Waals surface area (Å²) < 4.78 is -0.800. The molecule has 0 N–H and O–H groups in total. The minimum atomic E-state index is -0.800. The molecule has 0 radical (unpaired) electrons. The van der Waals surface area contributed by atoms with Gasteiger partial charge in [0.1, 0.15) is 0 Å². The first-order valence-corrected chi connectivity index (χ1v) is 5.01. The van der Waals surface area contributed by atoms with Gasteiger partial charge < -0.3 is 0 Å². The molecule has 0 heterocycles. The highest BCUT2D eigenvalue weighted by atomic mass is 79.9. The van der Waals surface area contributed by atoms with Gasteiger partial charge in [-0.1, -0.05) is 51.3 Å². The first-order chi connectivity index (χ1) is 4.06. The second-order valence-corrected chi connectivity index (χ2v) is 5.84. The number of halogens is 4. The smallest absolute Gasteiger partial charge is 0.0885 e. The molecule has 54 valence electrons. The van der Waals surface area contributed by atoms with Crippen molar-refractivity contribution in [2.45, 2.75) is 9.66 Å². The summed E-state index contributed by atoms with van der Waals surface area (Å²) in [4.78, 5) is 0. The first-order valence-electron chi connectivity index (χ1n) is 2.34. The molecule has 0 aromatic heterocycles. The Kier molecular flexibility index (Phi) is 5.71. The molecule has 9 heavy (non-hydrogen) atoms. The molecule has 0 rings (SSSR count). The van der Waals surface area contributed by atoms with Gasteiger partial charge in [-0.2, -0.15) is 0 Å². The summed E-state index contributed by atoms with van der Waals surface area (Å²) in [6.45, 7) is 0. The van der Waals surface area contributed by atoms with Crippen molar-refractivity contribution in [2.24, 2.45) is 0 Å². The summed E-state index contributed by atoms with van der Waals surface area (Å²) in [5.41, 5.74) is 0. The SMILES string of the molecule is ClC(Cl)(Br)CC=CCBr. The van der Waals surface area contributed by atoms with Crippen LogP contribution in [-0.4, -0.2) is 8.57 Å². The molecule has 0 saturated carbocycles. The van der Waals surface area contributed by atoms with Gasteiger partial charge in [0.25, 0.3) is 0 Å². The van der Waals surface area contributed by atoms with Crippen LogP contribution in [0.1, 0.15) is 6.42 Å². The highest BCUT2D eigenvalue weighted by Crippen LogP contribution is 2.32. The monoisotopic (exact) mass is 294 g/mol. The zero-order chi connectivity index (χ0) is 7.33. The summed E-state index contributed by atoms with van der Waals surface area (Å²) in [6, 6.07) is 0. The molecule has 0 saturated heterocycles. The fourth-order valence-corrected chi connectivity index (χ4v) is 0.909. The molecule has 0 spiro atoms. The topological polar surface area (TPSA) is 0 Å². The van der Waals surface area contributed by atoms with E-state index in [-0.39, 0.29) is 0 Å². The molecule has 0 unspecified atom stereocenters. The average Bonchev–Trinajstić information content (AvgIpc) is 1.63. The van der Waals surface area contributed by atoms with Gasteiger partial charge in [0, 0.05) is 11.8 Å². The van der Waals surface area contributed by atoms with Crippen LogP contribution in [0.25, 0.3) is 0 Å². The molecule has 0 aromatic carbocycles. The quantitative estimate of drug-likeness (QED) is 0.548. The van der Waals surface area contributed by atoms with Crippen molar-refractivity contribution in [3.8, 4) is 0 Å². The summed E-state index contributed by atoms with van der Waals surface area (Å²) in [5, 5.41) is 0.837. The van der Waals surface area contributed by atoms with E-state index in [4.69, 9.17) is 23.2 Å². The molecular weight excluding hydrogens is 291 g/mol. The van der Waals surface area contributed by atoms with E-state index in [1.165, 1.54) is 0 Å². The molecule has 4 heteroatoms. The van der Waals surface area contributed by atoms with E-state index in [1.807, 2.05) is 12.2 Å². The van der Waals surface area contributed by atoms with Crippen LogP contribution in [0.15, 0.2) is 12.2 Å². The number of rotatable bonds is 3. The van der Waals surface area contributed by atoms with E-state index in [0.717, 1.165) is 5.33 Å². The standard InChI is InChI=1S/C5H6Br2Cl2/c6-4-2-1-3-5(7,8)9/h1-2H,3-4H2. The maximum Gasteiger partial charge on any atom is 0.175 e. The summed E-state index contributed by atoms with van der Waals surface area (Å²) in [6.07, 6.45) is 4.46. The van der Waals surface area contributed by atoms with Crippen LogP contribution >= 0.6 is 55.1 Å². The third-order valence-corrected chi connectivity index (χ3v) is 1.61. The van der Waals surface area contributed by atoms with E-state index in [2.05, 4.69) is 31.9 Å². The molecule has 0 aromatic rings. The lowest BCUT2D eigenvalue weighted by Gasteiger charge is -2.05. The average molecular weight is 297 g/mol. The van der Waals surface area contributed by atoms with Gasteiger partial charge in [-0.15, -0.1) is 0 Å². The first kappa shape index (κ1) is 10.3. The minimum absolute atomic E-state index is 0.613. The van der Waals surface area contributed by atoms with Crippen LogP contribution in [-0.2, 0) is 0 Å². The van der Waals surface area contributed by atoms with Crippen molar-refractivity contribution < 1.29 is 0 Å². The summed E-state index contributed by atoms with van der Waals surface area (Å²) in [7, 11) is 0. The molecule has 0 fully saturated rings. The molecular formula is C5H6Br2Cl2. The highest BCUT2D eigenvalue weighted by molar-refractivity contribution is 9.11. The Morgan fingerprint density at radius 2 is 1.89 bits per heavy atom. The number of hydrogen-bond donors (Lipinski definition) is 0. The van der Waals surface area contributed by atoms with E-state index >= 15 is 0 Å². The van der Waals surface area contributed by atoms with E-state index in [9.17, 15) is 0 Å². The maximum absolute atomic E-state index is 5.58. The Morgan fingerprint density at radius 1 is 1.33 bits per heavy atom. The lowest BCUT2D eigenvalue weighted by Crippen LogP contribution is -1.96. The van der Waals surface area contributed by atoms with Crippen LogP contribution < -0.4 is 0 Å². The fourth-order valence-electron chi connectivity index (χ4n) is 0.280. The molecule has 0 amide bonds. The molecule has 0 bridgehead atoms. The largest absolute Gasteiger partial charge is 0.175 e. The fraction of sp³-hybridized carbons (Fsp3) is 0.600. The van der Waals surface area contributed by atoms with Crippen LogP contribution in [0.2, 0.25) is 0 Å². The summed E-state index contributed by atoms with van der Waals surface area (Å²) in [5.74, 6) is 0. The Labute approximate surface area is 81.9 Å². The highest BCUT2D eigenvalue weighted by Gasteiger charge is 2.15. The van der Waals surface area contributed by atoms with Gasteiger partial charge in [-0.05, 0) is 15.9 Å². The van der Waals surface area contributed by atoms with Gasteiger partial charge in [0.2, 0.25) is 0 Å². The Bertz CT molecular complexity index is 95.6. The summed E-state index contributed by atoms with van der Waals surface area (Å²) >= 11 is 17.5. The van der Waals surface area contributed by atoms with Crippen LogP contribution in [0.4, 0.5) is 0 Å². The van der Waals surface area contributed by atoms with Crippen molar-refractivity contribution in [3.05, 3.63) is 12.2 Å². The van der Waals surface area contributed by atoms with Crippen LogP contribution in [0, 0.1) is 0 Å². The van der Waals surface area contributed by atoms with Crippen LogP contribution in [0.3, 0.4) is 0 Å². The van der Waals surface area contributed by atoms with Gasteiger partial charge in [-0.3, -0.25) is 0 Å². The Balaban J connectivity index is 3.38. The van der Waals surface area contributed by atoms with E-state index in [1.54, 1.807) is 0 Å². The zero-order valence-corrected chi connectivity index (χ0v) is 9.26. The second kappa shape index (κ2) is 5.00. The van der Waals surface area contributed by atoms with Crippen molar-refractivity contribution in [1.82, 2.24) is 0 Å². The predicted octanol–water partition coefficient (Wildman–Crippen LogP) is 3.85. The van der Waals surface area contributed by atoms with Crippen molar-refractivity contribution in [2.75, 3.05) is 5.33 Å². The maximum atomic E-state index is 5.58. The van der Waals surface area contributed by atoms with Crippen molar-refractivity contribution in [3.63, 3.8) is 0 Å². The molecule has 0 aliphatic rings. The molecule has 0 nitrogen and oxygen atoms in total. The minimum Gasteiger partial charge on any atom is -0.0885 e. The lowest BCUT2D eigenvalue weighted by atomic mass is 10.4. The molecule has 0 aliphatic heterocycles. The van der Waals surface area contributed by atoms with Crippen molar-refractivity contribution in [1.29, 1.82) is 0 Å². The number of hydrogen-bond acceptors (Lipinski definition) is 0. The Hall–Kier alpha value is 1.28. The Morgan fingerprint density at radius 3 is 2.22 bits per heavy atom. The molecule has 0 aliphatic carbocycles. The van der Waals surface area contributed by atoms with Crippen molar-refractivity contribution >= 4 is 55.1 Å². The van der Waals surface area contributed by atoms with Gasteiger partial charge in [0.15, 0.2) is 3.24 Å². The zero-order valence-electron chi connectivity index (χ0n) is 4.58. The third kappa shape index (κ3) is 9.28. The number of alkyl halides is 4. The van der Waals surface area contributed by atoms with E-state index in [0.29, 0.717) is 6.42 Å². The second-order valence-electron chi connectivity index (χ2n) is 1.45. The molecule has 0 atom stereocenters. The lowest BCUT2D eigenvalue weighted by molar-refractivity contribution is 1.11. The van der Waals surface area contributed by atoms with Gasteiger partial charge >= 0.3 is 0 Å². The number of allylic oxidation sites excluding steroid dienone is 2. The van der Waals surface area contributed by atoms with Crippen LogP contribution in [0.5, 0.6) is 0 Å². The third-order valence-electron chi connectivity index (χ3n) is 0.605.